The Hall–Kier alpha value is -2.42. The molecule has 2 aromatic carbocycles. The second-order valence-corrected chi connectivity index (χ2v) is 8.70. The summed E-state index contributed by atoms with van der Waals surface area (Å²) in [5.41, 5.74) is 2.18. The number of hydrogen-bond donors (Lipinski definition) is 3. The Labute approximate surface area is 173 Å². The van der Waals surface area contributed by atoms with Gasteiger partial charge < -0.3 is 15.5 Å². The van der Waals surface area contributed by atoms with E-state index in [0.717, 1.165) is 15.2 Å². The first-order valence-electron chi connectivity index (χ1n) is 9.02. The van der Waals surface area contributed by atoms with Gasteiger partial charge in [-0.05, 0) is 12.1 Å². The summed E-state index contributed by atoms with van der Waals surface area (Å²) in [6.45, 7) is 0.600. The number of carbonyl (C=O) groups is 1. The Morgan fingerprint density at radius 1 is 1.07 bits per heavy atom. The predicted octanol–water partition coefficient (Wildman–Crippen LogP) is 2.38. The van der Waals surface area contributed by atoms with E-state index in [-0.39, 0.29) is 11.9 Å². The number of likely N-dealkylation sites (N-methyl/N-ethyl adjacent to an activating group) is 1. The standard InChI is InChI=1S/C20H23N5OS2/c1-25(2)17(15-9-5-3-6-10-15)13-21-18(26)14-27-20-24-23-19(28-20)22-16-11-7-4-8-12-16/h3-12,17H,13-14H2,1-2H3,(H,21,26)(H,22,23)/p+1/t17-/m0/s1. The van der Waals surface area contributed by atoms with Crippen molar-refractivity contribution in [2.24, 2.45) is 0 Å². The summed E-state index contributed by atoms with van der Waals surface area (Å²) in [7, 11) is 4.20. The van der Waals surface area contributed by atoms with Crippen LogP contribution in [0.2, 0.25) is 0 Å². The molecule has 0 aliphatic rings. The summed E-state index contributed by atoms with van der Waals surface area (Å²) < 4.78 is 0.770. The number of aromatic nitrogens is 2. The third-order valence-corrected chi connectivity index (χ3v) is 6.13. The lowest BCUT2D eigenvalue weighted by molar-refractivity contribution is -0.890. The van der Waals surface area contributed by atoms with Gasteiger partial charge in [-0.25, -0.2) is 0 Å². The molecule has 1 amide bonds. The van der Waals surface area contributed by atoms with Crippen molar-refractivity contribution >= 4 is 39.8 Å². The van der Waals surface area contributed by atoms with Crippen LogP contribution in [0.4, 0.5) is 10.8 Å². The lowest BCUT2D eigenvalue weighted by Crippen LogP contribution is -3.07. The fourth-order valence-corrected chi connectivity index (χ4v) is 4.30. The molecule has 0 spiro atoms. The number of amides is 1. The van der Waals surface area contributed by atoms with Crippen molar-refractivity contribution in [2.75, 3.05) is 31.7 Å². The van der Waals surface area contributed by atoms with Gasteiger partial charge >= 0.3 is 0 Å². The van der Waals surface area contributed by atoms with Crippen molar-refractivity contribution in [1.82, 2.24) is 15.5 Å². The number of thioether (sulfide) groups is 1. The maximum Gasteiger partial charge on any atom is 0.230 e. The molecule has 3 aromatic rings. The third kappa shape index (κ3) is 6.05. The van der Waals surface area contributed by atoms with Gasteiger partial charge in [0.2, 0.25) is 11.0 Å². The number of para-hydroxylation sites is 1. The summed E-state index contributed by atoms with van der Waals surface area (Å²) >= 11 is 2.84. The molecule has 0 fully saturated rings. The summed E-state index contributed by atoms with van der Waals surface area (Å²) in [5, 5.41) is 15.2. The van der Waals surface area contributed by atoms with Gasteiger partial charge in [0, 0.05) is 11.3 Å². The van der Waals surface area contributed by atoms with Crippen LogP contribution in [0.1, 0.15) is 11.6 Å². The van der Waals surface area contributed by atoms with E-state index in [1.54, 1.807) is 0 Å². The summed E-state index contributed by atoms with van der Waals surface area (Å²) in [6.07, 6.45) is 0. The molecular weight excluding hydrogens is 390 g/mol. The zero-order chi connectivity index (χ0) is 19.8. The smallest absolute Gasteiger partial charge is 0.230 e. The minimum atomic E-state index is -0.0000466. The lowest BCUT2D eigenvalue weighted by Gasteiger charge is -2.22. The number of nitrogens with zero attached hydrogens (tertiary/aromatic N) is 2. The molecule has 1 aromatic heterocycles. The minimum Gasteiger partial charge on any atom is -0.349 e. The molecule has 0 saturated heterocycles. The maximum atomic E-state index is 12.3. The van der Waals surface area contributed by atoms with Crippen LogP contribution in [0, 0.1) is 0 Å². The Morgan fingerprint density at radius 2 is 1.75 bits per heavy atom. The van der Waals surface area contributed by atoms with Gasteiger partial charge in [-0.1, -0.05) is 71.6 Å². The molecule has 0 bridgehead atoms. The number of hydrogen-bond acceptors (Lipinski definition) is 6. The first-order valence-corrected chi connectivity index (χ1v) is 10.8. The van der Waals surface area contributed by atoms with Gasteiger partial charge in [-0.3, -0.25) is 4.79 Å². The number of nitrogens with one attached hydrogen (secondary N) is 3. The molecule has 8 heteroatoms. The van der Waals surface area contributed by atoms with Crippen LogP contribution in [0.25, 0.3) is 0 Å². The second-order valence-electron chi connectivity index (χ2n) is 6.50. The molecule has 3 N–H and O–H groups in total. The first kappa shape index (κ1) is 20.3. The third-order valence-electron chi connectivity index (χ3n) is 4.16. The molecule has 1 heterocycles. The Morgan fingerprint density at radius 3 is 2.43 bits per heavy atom. The number of benzene rings is 2. The van der Waals surface area contributed by atoms with Crippen LogP contribution in [0.15, 0.2) is 65.0 Å². The number of rotatable bonds is 9. The van der Waals surface area contributed by atoms with E-state index >= 15 is 0 Å². The van der Waals surface area contributed by atoms with E-state index in [1.807, 2.05) is 48.5 Å². The van der Waals surface area contributed by atoms with Crippen molar-refractivity contribution < 1.29 is 9.69 Å². The first-order chi connectivity index (χ1) is 13.6. The number of quaternary nitrogens is 1. The highest BCUT2D eigenvalue weighted by atomic mass is 32.2. The van der Waals surface area contributed by atoms with Crippen LogP contribution in [-0.2, 0) is 4.79 Å². The minimum absolute atomic E-state index is 0.0000466. The van der Waals surface area contributed by atoms with E-state index in [4.69, 9.17) is 0 Å². The lowest BCUT2D eigenvalue weighted by atomic mass is 10.1. The van der Waals surface area contributed by atoms with E-state index in [1.165, 1.54) is 33.6 Å². The molecule has 3 rings (SSSR count). The molecule has 1 atom stereocenters. The molecule has 28 heavy (non-hydrogen) atoms. The van der Waals surface area contributed by atoms with Gasteiger partial charge in [0.15, 0.2) is 4.34 Å². The van der Waals surface area contributed by atoms with E-state index in [9.17, 15) is 4.79 Å². The molecule has 0 aliphatic carbocycles. The molecular formula is C20H24N5OS2+. The normalized spacial score (nSPS) is 12.0. The van der Waals surface area contributed by atoms with Crippen molar-refractivity contribution in [2.45, 2.75) is 10.4 Å². The van der Waals surface area contributed by atoms with Crippen molar-refractivity contribution in [3.8, 4) is 0 Å². The Kier molecular flexibility index (Phi) is 7.41. The fourth-order valence-electron chi connectivity index (χ4n) is 2.70. The Balaban J connectivity index is 1.46. The van der Waals surface area contributed by atoms with Crippen LogP contribution < -0.4 is 15.5 Å². The van der Waals surface area contributed by atoms with Gasteiger partial charge in [0.1, 0.15) is 6.04 Å². The highest BCUT2D eigenvalue weighted by molar-refractivity contribution is 8.01. The van der Waals surface area contributed by atoms with Crippen LogP contribution >= 0.6 is 23.1 Å². The molecule has 0 radical (unpaired) electrons. The number of carbonyl (C=O) groups excluding carboxylic acids is 1. The topological polar surface area (TPSA) is 71.3 Å². The van der Waals surface area contributed by atoms with E-state index in [2.05, 4.69) is 47.1 Å². The maximum absolute atomic E-state index is 12.3. The SMILES string of the molecule is C[NH+](C)[C@@H](CNC(=O)CSc1nnc(Nc2ccccc2)s1)c1ccccc1. The van der Waals surface area contributed by atoms with Crippen molar-refractivity contribution in [3.63, 3.8) is 0 Å². The summed E-state index contributed by atoms with van der Waals surface area (Å²) in [4.78, 5) is 13.5. The predicted molar refractivity (Wildman–Crippen MR) is 115 cm³/mol. The van der Waals surface area contributed by atoms with Gasteiger partial charge in [-0.15, -0.1) is 10.2 Å². The molecule has 0 aliphatic heterocycles. The van der Waals surface area contributed by atoms with Gasteiger partial charge in [0.25, 0.3) is 0 Å². The van der Waals surface area contributed by atoms with Gasteiger partial charge in [0.05, 0.1) is 26.4 Å². The molecule has 0 saturated carbocycles. The number of anilines is 2. The molecule has 146 valence electrons. The van der Waals surface area contributed by atoms with Crippen LogP contribution in [0.3, 0.4) is 0 Å². The van der Waals surface area contributed by atoms with Crippen LogP contribution in [0.5, 0.6) is 0 Å². The average molecular weight is 415 g/mol. The van der Waals surface area contributed by atoms with Crippen LogP contribution in [-0.4, -0.2) is 42.5 Å². The monoisotopic (exact) mass is 414 g/mol. The highest BCUT2D eigenvalue weighted by Gasteiger charge is 2.18. The zero-order valence-electron chi connectivity index (χ0n) is 15.9. The van der Waals surface area contributed by atoms with E-state index < -0.39 is 0 Å². The Bertz CT molecular complexity index is 871. The quantitative estimate of drug-likeness (QED) is 0.469. The summed E-state index contributed by atoms with van der Waals surface area (Å²) in [6, 6.07) is 20.3. The summed E-state index contributed by atoms with van der Waals surface area (Å²) in [5.74, 6) is 0.324. The average Bonchev–Trinajstić information content (AvgIpc) is 3.15. The zero-order valence-corrected chi connectivity index (χ0v) is 17.5. The van der Waals surface area contributed by atoms with E-state index in [0.29, 0.717) is 12.3 Å². The molecule has 6 nitrogen and oxygen atoms in total. The van der Waals surface area contributed by atoms with Gasteiger partial charge in [-0.2, -0.15) is 0 Å². The largest absolute Gasteiger partial charge is 0.349 e. The van der Waals surface area contributed by atoms with Crippen molar-refractivity contribution in [1.29, 1.82) is 0 Å². The highest BCUT2D eigenvalue weighted by Crippen LogP contribution is 2.27. The molecule has 0 unspecified atom stereocenters. The van der Waals surface area contributed by atoms with Crippen molar-refractivity contribution in [3.05, 3.63) is 66.2 Å². The fraction of sp³-hybridized carbons (Fsp3) is 0.250. The second kappa shape index (κ2) is 10.2.